The van der Waals surface area contributed by atoms with E-state index in [0.717, 1.165) is 22.7 Å². The van der Waals surface area contributed by atoms with Crippen LogP contribution in [0, 0.1) is 0 Å². The maximum Gasteiger partial charge on any atom is 0.257 e. The molecule has 0 radical (unpaired) electrons. The molecule has 0 saturated heterocycles. The molecule has 86 valence electrons. The van der Waals surface area contributed by atoms with Gasteiger partial charge in [0.1, 0.15) is 11.3 Å². The summed E-state index contributed by atoms with van der Waals surface area (Å²) in [6.07, 6.45) is 3.73. The molecule has 3 rings (SSSR count). The van der Waals surface area contributed by atoms with Crippen molar-refractivity contribution in [2.75, 3.05) is 0 Å². The van der Waals surface area contributed by atoms with Gasteiger partial charge in [-0.1, -0.05) is 23.9 Å². The summed E-state index contributed by atoms with van der Waals surface area (Å²) < 4.78 is 7.62. The van der Waals surface area contributed by atoms with Gasteiger partial charge in [0.2, 0.25) is 0 Å². The Bertz CT molecular complexity index is 611. The second-order valence-corrected chi connectivity index (χ2v) is 4.62. The SMILES string of the molecule is Cn1ccnc1CSc1nc2ccccc2o1. The summed E-state index contributed by atoms with van der Waals surface area (Å²) in [4.78, 5) is 8.66. The Hall–Kier alpha value is -1.75. The molecule has 0 atom stereocenters. The van der Waals surface area contributed by atoms with Gasteiger partial charge in [0, 0.05) is 19.4 Å². The van der Waals surface area contributed by atoms with Gasteiger partial charge in [0.15, 0.2) is 5.58 Å². The monoisotopic (exact) mass is 245 g/mol. The summed E-state index contributed by atoms with van der Waals surface area (Å²) in [5.74, 6) is 1.77. The highest BCUT2D eigenvalue weighted by molar-refractivity contribution is 7.98. The fourth-order valence-corrected chi connectivity index (χ4v) is 2.42. The van der Waals surface area contributed by atoms with Crippen molar-refractivity contribution in [3.63, 3.8) is 0 Å². The van der Waals surface area contributed by atoms with Gasteiger partial charge < -0.3 is 8.98 Å². The van der Waals surface area contributed by atoms with Gasteiger partial charge in [-0.25, -0.2) is 9.97 Å². The second kappa shape index (κ2) is 4.25. The molecule has 0 amide bonds. The van der Waals surface area contributed by atoms with Gasteiger partial charge in [-0.3, -0.25) is 0 Å². The number of oxazole rings is 1. The van der Waals surface area contributed by atoms with Gasteiger partial charge in [0.25, 0.3) is 5.22 Å². The molecule has 0 spiro atoms. The van der Waals surface area contributed by atoms with Crippen LogP contribution in [0.2, 0.25) is 0 Å². The summed E-state index contributed by atoms with van der Waals surface area (Å²) in [6.45, 7) is 0. The van der Waals surface area contributed by atoms with Gasteiger partial charge in [-0.2, -0.15) is 0 Å². The van der Waals surface area contributed by atoms with Crippen molar-refractivity contribution in [2.45, 2.75) is 11.0 Å². The maximum absolute atomic E-state index is 5.62. The minimum atomic E-state index is 0.689. The van der Waals surface area contributed by atoms with Crippen LogP contribution in [0.25, 0.3) is 11.1 Å². The smallest absolute Gasteiger partial charge is 0.257 e. The molecule has 2 aromatic heterocycles. The molecule has 0 bridgehead atoms. The van der Waals surface area contributed by atoms with E-state index >= 15 is 0 Å². The van der Waals surface area contributed by atoms with Crippen LogP contribution in [-0.2, 0) is 12.8 Å². The number of rotatable bonds is 3. The van der Waals surface area contributed by atoms with Crippen LogP contribution in [0.4, 0.5) is 0 Å². The highest BCUT2D eigenvalue weighted by Crippen LogP contribution is 2.25. The minimum Gasteiger partial charge on any atom is -0.431 e. The van der Waals surface area contributed by atoms with Gasteiger partial charge in [-0.05, 0) is 12.1 Å². The predicted molar refractivity (Wildman–Crippen MR) is 66.8 cm³/mol. The number of fused-ring (bicyclic) bond motifs is 1. The van der Waals surface area contributed by atoms with E-state index in [1.54, 1.807) is 18.0 Å². The third kappa shape index (κ3) is 2.06. The lowest BCUT2D eigenvalue weighted by atomic mass is 10.3. The number of benzene rings is 1. The largest absolute Gasteiger partial charge is 0.431 e. The summed E-state index contributed by atoms with van der Waals surface area (Å²) in [5, 5.41) is 0.689. The first kappa shape index (κ1) is 10.4. The van der Waals surface area contributed by atoms with E-state index in [1.165, 1.54) is 0 Å². The van der Waals surface area contributed by atoms with E-state index in [0.29, 0.717) is 5.22 Å². The Morgan fingerprint density at radius 1 is 1.35 bits per heavy atom. The molecule has 0 aliphatic carbocycles. The topological polar surface area (TPSA) is 43.9 Å². The van der Waals surface area contributed by atoms with Crippen molar-refractivity contribution in [1.29, 1.82) is 0 Å². The molecule has 1 aromatic carbocycles. The Morgan fingerprint density at radius 2 is 2.24 bits per heavy atom. The molecule has 3 aromatic rings. The van der Waals surface area contributed by atoms with Crippen molar-refractivity contribution in [2.24, 2.45) is 7.05 Å². The maximum atomic E-state index is 5.62. The van der Waals surface area contributed by atoms with Crippen molar-refractivity contribution < 1.29 is 4.42 Å². The molecule has 0 aliphatic rings. The van der Waals surface area contributed by atoms with Crippen LogP contribution in [0.15, 0.2) is 46.3 Å². The molecular weight excluding hydrogens is 234 g/mol. The highest BCUT2D eigenvalue weighted by Gasteiger charge is 2.07. The number of aromatic nitrogens is 3. The van der Waals surface area contributed by atoms with Gasteiger partial charge in [0.05, 0.1) is 5.75 Å². The number of aryl methyl sites for hydroxylation is 1. The van der Waals surface area contributed by atoms with Gasteiger partial charge in [-0.15, -0.1) is 0 Å². The van der Waals surface area contributed by atoms with E-state index in [4.69, 9.17) is 4.42 Å². The van der Waals surface area contributed by atoms with Gasteiger partial charge >= 0.3 is 0 Å². The first-order chi connectivity index (χ1) is 8.33. The number of hydrogen-bond donors (Lipinski definition) is 0. The molecule has 5 heteroatoms. The summed E-state index contributed by atoms with van der Waals surface area (Å²) in [6, 6.07) is 7.77. The second-order valence-electron chi connectivity index (χ2n) is 3.69. The lowest BCUT2D eigenvalue weighted by molar-refractivity contribution is 0.489. The molecule has 0 saturated carbocycles. The van der Waals surface area contributed by atoms with Crippen LogP contribution >= 0.6 is 11.8 Å². The number of nitrogens with zero attached hydrogens (tertiary/aromatic N) is 3. The van der Waals surface area contributed by atoms with Crippen LogP contribution in [-0.4, -0.2) is 14.5 Å². The molecule has 0 unspecified atom stereocenters. The Balaban J connectivity index is 1.79. The summed E-state index contributed by atoms with van der Waals surface area (Å²) in [5.41, 5.74) is 1.73. The Kier molecular flexibility index (Phi) is 2.60. The average molecular weight is 245 g/mol. The lowest BCUT2D eigenvalue weighted by Gasteiger charge is -1.97. The zero-order valence-electron chi connectivity index (χ0n) is 9.33. The Morgan fingerprint density at radius 3 is 3.00 bits per heavy atom. The quantitative estimate of drug-likeness (QED) is 0.665. The molecule has 4 nitrogen and oxygen atoms in total. The van der Waals surface area contributed by atoms with Crippen LogP contribution in [0.3, 0.4) is 0 Å². The molecule has 0 N–H and O–H groups in total. The zero-order valence-corrected chi connectivity index (χ0v) is 10.1. The van der Waals surface area contributed by atoms with Crippen molar-refractivity contribution >= 4 is 22.9 Å². The number of para-hydroxylation sites is 2. The average Bonchev–Trinajstić information content (AvgIpc) is 2.92. The fraction of sp³-hybridized carbons (Fsp3) is 0.167. The van der Waals surface area contributed by atoms with Crippen LogP contribution in [0.1, 0.15) is 5.82 Å². The van der Waals surface area contributed by atoms with E-state index < -0.39 is 0 Å². The molecule has 0 aliphatic heterocycles. The third-order valence-electron chi connectivity index (χ3n) is 2.52. The van der Waals surface area contributed by atoms with Crippen molar-refractivity contribution in [3.8, 4) is 0 Å². The van der Waals surface area contributed by atoms with E-state index in [2.05, 4.69) is 9.97 Å². The normalized spacial score (nSPS) is 11.1. The summed E-state index contributed by atoms with van der Waals surface area (Å²) >= 11 is 1.56. The van der Waals surface area contributed by atoms with E-state index in [1.807, 2.05) is 42.1 Å². The number of imidazole rings is 1. The molecule has 2 heterocycles. The lowest BCUT2D eigenvalue weighted by Crippen LogP contribution is -1.94. The van der Waals surface area contributed by atoms with E-state index in [-0.39, 0.29) is 0 Å². The highest BCUT2D eigenvalue weighted by atomic mass is 32.2. The molecular formula is C12H11N3OS. The third-order valence-corrected chi connectivity index (χ3v) is 3.34. The predicted octanol–water partition coefficient (Wildman–Crippen LogP) is 2.85. The van der Waals surface area contributed by atoms with Crippen molar-refractivity contribution in [1.82, 2.24) is 14.5 Å². The number of thioether (sulfide) groups is 1. The van der Waals surface area contributed by atoms with Crippen LogP contribution in [0.5, 0.6) is 0 Å². The standard InChI is InChI=1S/C12H11N3OS/c1-15-7-6-13-11(15)8-17-12-14-9-4-2-3-5-10(9)16-12/h2-7H,8H2,1H3. The van der Waals surface area contributed by atoms with E-state index in [9.17, 15) is 0 Å². The first-order valence-corrected chi connectivity index (χ1v) is 6.26. The number of hydrogen-bond acceptors (Lipinski definition) is 4. The molecule has 0 fully saturated rings. The Labute approximate surface area is 103 Å². The fourth-order valence-electron chi connectivity index (χ4n) is 1.57. The summed E-state index contributed by atoms with van der Waals surface area (Å²) in [7, 11) is 1.98. The zero-order chi connectivity index (χ0) is 11.7. The van der Waals surface area contributed by atoms with Crippen molar-refractivity contribution in [3.05, 3.63) is 42.5 Å². The van der Waals surface area contributed by atoms with Crippen LogP contribution < -0.4 is 0 Å². The molecule has 17 heavy (non-hydrogen) atoms. The minimum absolute atomic E-state index is 0.689. The first-order valence-electron chi connectivity index (χ1n) is 5.27.